The molecule has 18 heavy (non-hydrogen) atoms. The van der Waals surface area contributed by atoms with Gasteiger partial charge in [0.15, 0.2) is 0 Å². The van der Waals surface area contributed by atoms with E-state index in [4.69, 9.17) is 0 Å². The van der Waals surface area contributed by atoms with E-state index in [1.165, 1.54) is 45.3 Å². The summed E-state index contributed by atoms with van der Waals surface area (Å²) in [6, 6.07) is 0.635. The van der Waals surface area contributed by atoms with Crippen LogP contribution in [0, 0.1) is 11.8 Å². The zero-order valence-corrected chi connectivity index (χ0v) is 11.7. The number of hydrogen-bond donors (Lipinski definition) is 2. The summed E-state index contributed by atoms with van der Waals surface area (Å²) >= 11 is 0. The number of aliphatic hydroxyl groups is 1. The largest absolute Gasteiger partial charge is 0.389 e. The van der Waals surface area contributed by atoms with Crippen LogP contribution in [0.25, 0.3) is 0 Å². The van der Waals surface area contributed by atoms with Crippen LogP contribution in [0.5, 0.6) is 0 Å². The van der Waals surface area contributed by atoms with Crippen LogP contribution in [-0.4, -0.2) is 47.8 Å². The maximum Gasteiger partial charge on any atom is 0.0771 e. The molecule has 0 amide bonds. The third kappa shape index (κ3) is 2.73. The smallest absolute Gasteiger partial charge is 0.0771 e. The van der Waals surface area contributed by atoms with Crippen molar-refractivity contribution in [3.05, 3.63) is 0 Å². The van der Waals surface area contributed by atoms with Gasteiger partial charge in [0.1, 0.15) is 0 Å². The molecule has 2 bridgehead atoms. The van der Waals surface area contributed by atoms with E-state index in [2.05, 4.69) is 17.1 Å². The lowest BCUT2D eigenvalue weighted by atomic mass is 9.78. The standard InChI is InChI=1S/C15H28N2O/c1-12-2-6-15(18,7-3-12)11-16-14-10-17-8-4-13(14)5-9-17/h12-14,16,18H,2-11H2,1H3. The highest BCUT2D eigenvalue weighted by molar-refractivity contribution is 4.94. The maximum absolute atomic E-state index is 10.6. The van der Waals surface area contributed by atoms with Gasteiger partial charge in [-0.15, -0.1) is 0 Å². The molecule has 104 valence electrons. The first-order chi connectivity index (χ1) is 8.65. The molecule has 0 radical (unpaired) electrons. The second-order valence-corrected chi connectivity index (χ2v) is 7.03. The molecule has 1 saturated carbocycles. The first kappa shape index (κ1) is 12.9. The Kier molecular flexibility index (Phi) is 3.65. The second-order valence-electron chi connectivity index (χ2n) is 7.03. The van der Waals surface area contributed by atoms with E-state index in [-0.39, 0.29) is 0 Å². The molecule has 0 aromatic rings. The fourth-order valence-corrected chi connectivity index (χ4v) is 3.99. The molecule has 3 heterocycles. The van der Waals surface area contributed by atoms with Crippen molar-refractivity contribution < 1.29 is 5.11 Å². The van der Waals surface area contributed by atoms with E-state index in [1.54, 1.807) is 0 Å². The summed E-state index contributed by atoms with van der Waals surface area (Å²) in [5, 5.41) is 14.3. The lowest BCUT2D eigenvalue weighted by Crippen LogP contribution is -2.58. The Morgan fingerprint density at radius 2 is 1.83 bits per heavy atom. The highest BCUT2D eigenvalue weighted by atomic mass is 16.3. The third-order valence-electron chi connectivity index (χ3n) is 5.55. The Morgan fingerprint density at radius 1 is 1.17 bits per heavy atom. The average Bonchev–Trinajstić information content (AvgIpc) is 2.42. The van der Waals surface area contributed by atoms with E-state index >= 15 is 0 Å². The minimum absolute atomic E-state index is 0.418. The molecular weight excluding hydrogens is 224 g/mol. The average molecular weight is 252 g/mol. The molecule has 1 aliphatic carbocycles. The van der Waals surface area contributed by atoms with Crippen LogP contribution >= 0.6 is 0 Å². The number of nitrogens with one attached hydrogen (secondary N) is 1. The van der Waals surface area contributed by atoms with Gasteiger partial charge in [0, 0.05) is 19.1 Å². The summed E-state index contributed by atoms with van der Waals surface area (Å²) < 4.78 is 0. The van der Waals surface area contributed by atoms with E-state index in [9.17, 15) is 5.11 Å². The summed E-state index contributed by atoms with van der Waals surface area (Å²) in [5.41, 5.74) is -0.418. The molecule has 0 spiro atoms. The van der Waals surface area contributed by atoms with Crippen molar-refractivity contribution in [2.45, 2.75) is 57.1 Å². The fraction of sp³-hybridized carbons (Fsp3) is 1.00. The van der Waals surface area contributed by atoms with Crippen LogP contribution < -0.4 is 5.32 Å². The minimum Gasteiger partial charge on any atom is -0.389 e. The van der Waals surface area contributed by atoms with Gasteiger partial charge < -0.3 is 15.3 Å². The number of fused-ring (bicyclic) bond motifs is 3. The molecule has 3 aliphatic heterocycles. The zero-order valence-electron chi connectivity index (χ0n) is 11.7. The summed E-state index contributed by atoms with van der Waals surface area (Å²) in [7, 11) is 0. The van der Waals surface area contributed by atoms with Gasteiger partial charge >= 0.3 is 0 Å². The first-order valence-corrected chi connectivity index (χ1v) is 7.83. The SMILES string of the molecule is CC1CCC(O)(CNC2CN3CCC2CC3)CC1. The highest BCUT2D eigenvalue weighted by Crippen LogP contribution is 2.32. The van der Waals surface area contributed by atoms with Gasteiger partial charge in [-0.3, -0.25) is 0 Å². The van der Waals surface area contributed by atoms with E-state index in [0.29, 0.717) is 6.04 Å². The second kappa shape index (κ2) is 5.10. The van der Waals surface area contributed by atoms with Crippen LogP contribution in [0.4, 0.5) is 0 Å². The normalized spacial score (nSPS) is 48.3. The maximum atomic E-state index is 10.6. The first-order valence-electron chi connectivity index (χ1n) is 7.83. The van der Waals surface area contributed by atoms with Crippen molar-refractivity contribution in [2.75, 3.05) is 26.2 Å². The third-order valence-corrected chi connectivity index (χ3v) is 5.55. The van der Waals surface area contributed by atoms with E-state index < -0.39 is 5.60 Å². The molecule has 4 aliphatic rings. The molecular formula is C15H28N2O. The summed E-state index contributed by atoms with van der Waals surface area (Å²) in [4.78, 5) is 2.57. The number of rotatable bonds is 3. The molecule has 3 nitrogen and oxygen atoms in total. The summed E-state index contributed by atoms with van der Waals surface area (Å²) in [5.74, 6) is 1.67. The Hall–Kier alpha value is -0.120. The van der Waals surface area contributed by atoms with E-state index in [1.807, 2.05) is 0 Å². The Morgan fingerprint density at radius 3 is 2.39 bits per heavy atom. The number of piperidine rings is 3. The van der Waals surface area contributed by atoms with Crippen LogP contribution in [0.3, 0.4) is 0 Å². The predicted octanol–water partition coefficient (Wildman–Crippen LogP) is 1.61. The molecule has 3 saturated heterocycles. The van der Waals surface area contributed by atoms with Crippen molar-refractivity contribution in [2.24, 2.45) is 11.8 Å². The molecule has 4 rings (SSSR count). The van der Waals surface area contributed by atoms with Gasteiger partial charge in [0.05, 0.1) is 5.60 Å². The van der Waals surface area contributed by atoms with E-state index in [0.717, 1.165) is 31.2 Å². The van der Waals surface area contributed by atoms with Crippen molar-refractivity contribution in [3.63, 3.8) is 0 Å². The Balaban J connectivity index is 1.49. The van der Waals surface area contributed by atoms with Crippen LogP contribution in [0.2, 0.25) is 0 Å². The van der Waals surface area contributed by atoms with Crippen LogP contribution in [0.1, 0.15) is 45.4 Å². The van der Waals surface area contributed by atoms with Gasteiger partial charge in [-0.25, -0.2) is 0 Å². The molecule has 2 N–H and O–H groups in total. The molecule has 3 heteroatoms. The topological polar surface area (TPSA) is 35.5 Å². The molecule has 0 aromatic heterocycles. The Labute approximate surface area is 111 Å². The summed E-state index contributed by atoms with van der Waals surface area (Å²) in [6.45, 7) is 6.92. The molecule has 1 unspecified atom stereocenters. The Bertz CT molecular complexity index is 278. The molecule has 4 fully saturated rings. The van der Waals surface area contributed by atoms with Gasteiger partial charge in [0.2, 0.25) is 0 Å². The fourth-order valence-electron chi connectivity index (χ4n) is 3.99. The van der Waals surface area contributed by atoms with Gasteiger partial charge in [0.25, 0.3) is 0 Å². The van der Waals surface area contributed by atoms with Crippen molar-refractivity contribution in [1.29, 1.82) is 0 Å². The lowest BCUT2D eigenvalue weighted by molar-refractivity contribution is -0.0172. The van der Waals surface area contributed by atoms with Gasteiger partial charge in [-0.1, -0.05) is 6.92 Å². The van der Waals surface area contributed by atoms with Gasteiger partial charge in [-0.05, 0) is 63.5 Å². The zero-order chi connectivity index (χ0) is 12.6. The monoisotopic (exact) mass is 252 g/mol. The molecule has 1 atom stereocenters. The van der Waals surface area contributed by atoms with Crippen molar-refractivity contribution >= 4 is 0 Å². The minimum atomic E-state index is -0.418. The van der Waals surface area contributed by atoms with Crippen molar-refractivity contribution in [3.8, 4) is 0 Å². The van der Waals surface area contributed by atoms with Crippen LogP contribution in [0.15, 0.2) is 0 Å². The number of nitrogens with zero attached hydrogens (tertiary/aromatic N) is 1. The van der Waals surface area contributed by atoms with Crippen molar-refractivity contribution in [1.82, 2.24) is 10.2 Å². The summed E-state index contributed by atoms with van der Waals surface area (Å²) in [6.07, 6.45) is 7.07. The highest BCUT2D eigenvalue weighted by Gasteiger charge is 2.37. The quantitative estimate of drug-likeness (QED) is 0.801. The van der Waals surface area contributed by atoms with Gasteiger partial charge in [-0.2, -0.15) is 0 Å². The van der Waals surface area contributed by atoms with Crippen LogP contribution in [-0.2, 0) is 0 Å². The lowest BCUT2D eigenvalue weighted by Gasteiger charge is -2.46. The predicted molar refractivity (Wildman–Crippen MR) is 73.5 cm³/mol. The number of hydrogen-bond acceptors (Lipinski definition) is 3. The molecule has 0 aromatic carbocycles.